The maximum absolute atomic E-state index is 13.7. The first kappa shape index (κ1) is 28.8. The molecule has 0 bridgehead atoms. The largest absolute Gasteiger partial charge is 0.518 e. The normalized spacial score (nSPS) is 14.8. The van der Waals surface area contributed by atoms with Gasteiger partial charge in [-0.05, 0) is 44.3 Å². The summed E-state index contributed by atoms with van der Waals surface area (Å²) in [6.45, 7) is 20.4. The van der Waals surface area contributed by atoms with Gasteiger partial charge in [0, 0.05) is 13.2 Å². The first-order valence-corrected chi connectivity index (χ1v) is 15.6. The summed E-state index contributed by atoms with van der Waals surface area (Å²) in [4.78, 5) is 13.7. The molecule has 4 nitrogen and oxygen atoms in total. The molecule has 0 heterocycles. The third-order valence-corrected chi connectivity index (χ3v) is 14.4. The van der Waals surface area contributed by atoms with Gasteiger partial charge in [-0.2, -0.15) is 0 Å². The second kappa shape index (κ2) is 14.0. The number of hydrogen-bond acceptors (Lipinski definition) is 4. The van der Waals surface area contributed by atoms with Crippen LogP contribution in [0.4, 0.5) is 0 Å². The van der Waals surface area contributed by atoms with Crippen molar-refractivity contribution < 1.29 is 18.1 Å². The minimum absolute atomic E-state index is 0.0168. The topological polar surface area (TPSA) is 44.8 Å². The van der Waals surface area contributed by atoms with E-state index in [9.17, 15) is 4.79 Å². The van der Waals surface area contributed by atoms with Gasteiger partial charge in [-0.15, -0.1) is 0 Å². The molecular formula is C23H49O4Si2. The van der Waals surface area contributed by atoms with Gasteiger partial charge in [-0.3, -0.25) is 4.79 Å². The second-order valence-electron chi connectivity index (χ2n) is 9.39. The molecule has 6 heteroatoms. The van der Waals surface area contributed by atoms with E-state index in [1.54, 1.807) is 0 Å². The number of unbranched alkanes of at least 4 members (excludes halogenated alkanes) is 4. The molecule has 0 aromatic heterocycles. The highest BCUT2D eigenvalue weighted by molar-refractivity contribution is 6.78. The van der Waals surface area contributed by atoms with Gasteiger partial charge < -0.3 is 13.3 Å². The predicted octanol–water partition coefficient (Wildman–Crippen LogP) is 7.39. The van der Waals surface area contributed by atoms with Crippen LogP contribution in [0.3, 0.4) is 0 Å². The Morgan fingerprint density at radius 1 is 0.793 bits per heavy atom. The summed E-state index contributed by atoms with van der Waals surface area (Å²) in [5.74, 6) is -0.0784. The lowest BCUT2D eigenvalue weighted by Gasteiger charge is -2.44. The van der Waals surface area contributed by atoms with Gasteiger partial charge in [0.25, 0.3) is 14.3 Å². The first-order chi connectivity index (χ1) is 13.6. The maximum atomic E-state index is 13.7. The fourth-order valence-corrected chi connectivity index (χ4v) is 10.1. The first-order valence-electron chi connectivity index (χ1n) is 11.9. The molecule has 1 unspecified atom stereocenters. The van der Waals surface area contributed by atoms with Crippen LogP contribution < -0.4 is 0 Å². The highest BCUT2D eigenvalue weighted by Gasteiger charge is 2.54. The monoisotopic (exact) mass is 445 g/mol. The van der Waals surface area contributed by atoms with E-state index in [2.05, 4.69) is 41.5 Å². The van der Waals surface area contributed by atoms with Gasteiger partial charge in [0.15, 0.2) is 0 Å². The van der Waals surface area contributed by atoms with E-state index in [0.29, 0.717) is 19.6 Å². The van der Waals surface area contributed by atoms with E-state index < -0.39 is 22.6 Å². The van der Waals surface area contributed by atoms with Crippen molar-refractivity contribution >= 4 is 23.6 Å². The third-order valence-electron chi connectivity index (χ3n) is 6.18. The molecule has 0 saturated carbocycles. The average molecular weight is 446 g/mol. The SMILES string of the molecule is CCCCC[Si](CCCCC)(OC(=O)C(C)(CC)[Si](OCC)OCC)C(C)(C)C. The maximum Gasteiger partial charge on any atom is 0.402 e. The molecule has 0 N–H and O–H groups in total. The molecule has 0 spiro atoms. The Labute approximate surface area is 184 Å². The molecule has 29 heavy (non-hydrogen) atoms. The summed E-state index contributed by atoms with van der Waals surface area (Å²) in [6, 6.07) is 2.12. The number of carbonyl (C=O) groups is 1. The summed E-state index contributed by atoms with van der Waals surface area (Å²) >= 11 is 0. The van der Waals surface area contributed by atoms with Crippen LogP contribution in [0.1, 0.15) is 107 Å². The van der Waals surface area contributed by atoms with E-state index in [1.807, 2.05) is 20.8 Å². The molecule has 0 aliphatic carbocycles. The Morgan fingerprint density at radius 2 is 1.24 bits per heavy atom. The fraction of sp³-hybridized carbons (Fsp3) is 0.957. The molecule has 0 aliphatic heterocycles. The smallest absolute Gasteiger partial charge is 0.402 e. The molecule has 1 atom stereocenters. The van der Waals surface area contributed by atoms with Crippen LogP contribution >= 0.6 is 0 Å². The van der Waals surface area contributed by atoms with Crippen LogP contribution in [0.2, 0.25) is 22.2 Å². The van der Waals surface area contributed by atoms with Gasteiger partial charge in [0.2, 0.25) is 0 Å². The Morgan fingerprint density at radius 3 is 1.55 bits per heavy atom. The Balaban J connectivity index is 5.87. The van der Waals surface area contributed by atoms with E-state index >= 15 is 0 Å². The van der Waals surface area contributed by atoms with Crippen molar-refractivity contribution in [2.24, 2.45) is 0 Å². The van der Waals surface area contributed by atoms with Gasteiger partial charge >= 0.3 is 9.28 Å². The Kier molecular flexibility index (Phi) is 13.9. The van der Waals surface area contributed by atoms with Crippen LogP contribution in [-0.2, 0) is 18.1 Å². The summed E-state index contributed by atoms with van der Waals surface area (Å²) in [6.07, 6.45) is 7.76. The fourth-order valence-electron chi connectivity index (χ4n) is 3.74. The molecule has 1 radical (unpaired) electrons. The average Bonchev–Trinajstić information content (AvgIpc) is 2.66. The van der Waals surface area contributed by atoms with Crippen LogP contribution in [0, 0.1) is 0 Å². The molecule has 0 aliphatic rings. The molecule has 0 saturated heterocycles. The lowest BCUT2D eigenvalue weighted by Crippen LogP contribution is -2.53. The minimum atomic E-state index is -2.30. The molecule has 0 aromatic rings. The quantitative estimate of drug-likeness (QED) is 0.183. The van der Waals surface area contributed by atoms with Gasteiger partial charge in [0.1, 0.15) is 5.04 Å². The molecule has 0 aromatic carbocycles. The Hall–Kier alpha value is -0.176. The van der Waals surface area contributed by atoms with Gasteiger partial charge in [0.05, 0.1) is 0 Å². The summed E-state index contributed by atoms with van der Waals surface area (Å²) in [5.41, 5.74) is 0. The predicted molar refractivity (Wildman–Crippen MR) is 128 cm³/mol. The van der Waals surface area contributed by atoms with E-state index in [1.165, 1.54) is 25.7 Å². The van der Waals surface area contributed by atoms with Gasteiger partial charge in [-0.25, -0.2) is 0 Å². The van der Waals surface area contributed by atoms with Crippen molar-refractivity contribution in [1.82, 2.24) is 0 Å². The number of carbonyl (C=O) groups excluding carboxylic acids is 1. The zero-order valence-electron chi connectivity index (χ0n) is 20.9. The lowest BCUT2D eigenvalue weighted by molar-refractivity contribution is -0.140. The van der Waals surface area contributed by atoms with Crippen molar-refractivity contribution in [3.05, 3.63) is 0 Å². The molecule has 173 valence electrons. The molecular weight excluding hydrogens is 396 g/mol. The minimum Gasteiger partial charge on any atom is -0.518 e. The standard InChI is InChI=1S/C23H49O4Si2/c1-10-15-17-19-29(22(6,7)8,20-18-16-11-2)27-21(24)23(9,12-3)28(25-13-4)26-14-5/h10-20H2,1-9H3. The second-order valence-corrected chi connectivity index (χ2v) is 16.3. The van der Waals surface area contributed by atoms with Crippen molar-refractivity contribution in [2.45, 2.75) is 129 Å². The summed E-state index contributed by atoms with van der Waals surface area (Å²) < 4.78 is 18.6. The number of hydrogen-bond donors (Lipinski definition) is 0. The lowest BCUT2D eigenvalue weighted by atomic mass is 10.1. The van der Waals surface area contributed by atoms with E-state index in [4.69, 9.17) is 13.3 Å². The summed E-state index contributed by atoms with van der Waals surface area (Å²) in [5, 5.41) is -0.668. The highest BCUT2D eigenvalue weighted by atomic mass is 28.4. The van der Waals surface area contributed by atoms with Crippen LogP contribution in [-0.4, -0.2) is 36.8 Å². The Bertz CT molecular complexity index is 435. The zero-order valence-corrected chi connectivity index (χ0v) is 22.9. The van der Waals surface area contributed by atoms with Crippen molar-refractivity contribution in [2.75, 3.05) is 13.2 Å². The van der Waals surface area contributed by atoms with Crippen LogP contribution in [0.25, 0.3) is 0 Å². The zero-order chi connectivity index (χ0) is 22.6. The number of rotatable bonds is 16. The van der Waals surface area contributed by atoms with Crippen molar-refractivity contribution in [3.8, 4) is 0 Å². The van der Waals surface area contributed by atoms with E-state index in [0.717, 1.165) is 24.9 Å². The van der Waals surface area contributed by atoms with Gasteiger partial charge in [-0.1, -0.05) is 80.1 Å². The third kappa shape index (κ3) is 8.46. The van der Waals surface area contributed by atoms with Crippen molar-refractivity contribution in [3.63, 3.8) is 0 Å². The van der Waals surface area contributed by atoms with Crippen molar-refractivity contribution in [1.29, 1.82) is 0 Å². The highest BCUT2D eigenvalue weighted by Crippen LogP contribution is 2.47. The summed E-state index contributed by atoms with van der Waals surface area (Å²) in [7, 11) is -4.05. The van der Waals surface area contributed by atoms with Crippen LogP contribution in [0.15, 0.2) is 0 Å². The molecule has 0 rings (SSSR count). The molecule has 0 fully saturated rings. The van der Waals surface area contributed by atoms with E-state index in [-0.39, 0.29) is 11.0 Å². The van der Waals surface area contributed by atoms with Crippen LogP contribution in [0.5, 0.6) is 0 Å². The molecule has 0 amide bonds.